The minimum absolute atomic E-state index is 0.135. The van der Waals surface area contributed by atoms with Crippen molar-refractivity contribution in [2.75, 3.05) is 6.54 Å². The third-order valence-electron chi connectivity index (χ3n) is 1.64. The smallest absolute Gasteiger partial charge is 0.261 e. The summed E-state index contributed by atoms with van der Waals surface area (Å²) < 4.78 is 0.972. The van der Waals surface area contributed by atoms with E-state index in [0.717, 1.165) is 9.35 Å². The van der Waals surface area contributed by atoms with Crippen LogP contribution in [0.5, 0.6) is 0 Å². The molecule has 0 aliphatic carbocycles. The number of rotatable bonds is 3. The third kappa shape index (κ3) is 3.08. The highest BCUT2D eigenvalue weighted by Gasteiger charge is 2.10. The molecule has 1 aromatic rings. The molecule has 0 saturated carbocycles. The summed E-state index contributed by atoms with van der Waals surface area (Å²) in [5.74, 6) is -0.135. The second-order valence-corrected chi connectivity index (χ2v) is 5.50. The van der Waals surface area contributed by atoms with Crippen molar-refractivity contribution in [2.24, 2.45) is 0 Å². The molecule has 0 fully saturated rings. The Hall–Kier alpha value is -0.390. The predicted octanol–water partition coefficient (Wildman–Crippen LogP) is 1.93. The Morgan fingerprint density at radius 1 is 1.79 bits per heavy atom. The molecule has 0 aliphatic rings. The largest absolute Gasteiger partial charge is 0.392 e. The van der Waals surface area contributed by atoms with Gasteiger partial charge in [0.15, 0.2) is 0 Å². The monoisotopic (exact) mass is 277 g/mol. The van der Waals surface area contributed by atoms with Gasteiger partial charge in [0.25, 0.3) is 5.91 Å². The van der Waals surface area contributed by atoms with Gasteiger partial charge in [0, 0.05) is 6.54 Å². The van der Waals surface area contributed by atoms with Gasteiger partial charge in [-0.15, -0.1) is 11.3 Å². The number of nitrogens with one attached hydrogen (secondary N) is 1. The van der Waals surface area contributed by atoms with Crippen molar-refractivity contribution < 1.29 is 9.90 Å². The first-order valence-corrected chi connectivity index (χ1v) is 5.84. The van der Waals surface area contributed by atoms with Crippen molar-refractivity contribution in [3.05, 3.63) is 20.3 Å². The SMILES string of the molecule is Cc1cc(C(=O)NC[C@H](C)O)sc1Br. The van der Waals surface area contributed by atoms with Crippen LogP contribution in [0.3, 0.4) is 0 Å². The molecule has 0 spiro atoms. The van der Waals surface area contributed by atoms with Crippen molar-refractivity contribution in [1.29, 1.82) is 0 Å². The average molecular weight is 278 g/mol. The second-order valence-electron chi connectivity index (χ2n) is 3.13. The van der Waals surface area contributed by atoms with Crippen molar-refractivity contribution in [3.8, 4) is 0 Å². The van der Waals surface area contributed by atoms with Crippen LogP contribution in [-0.2, 0) is 0 Å². The molecule has 0 unspecified atom stereocenters. The second kappa shape index (κ2) is 4.91. The van der Waals surface area contributed by atoms with Crippen molar-refractivity contribution >= 4 is 33.2 Å². The average Bonchev–Trinajstić information content (AvgIpc) is 2.43. The van der Waals surface area contributed by atoms with Crippen LogP contribution < -0.4 is 5.32 Å². The van der Waals surface area contributed by atoms with E-state index in [4.69, 9.17) is 5.11 Å². The summed E-state index contributed by atoms with van der Waals surface area (Å²) >= 11 is 4.75. The van der Waals surface area contributed by atoms with Crippen LogP contribution in [0.4, 0.5) is 0 Å². The van der Waals surface area contributed by atoms with Gasteiger partial charge >= 0.3 is 0 Å². The maximum Gasteiger partial charge on any atom is 0.261 e. The molecule has 78 valence electrons. The number of hydrogen-bond donors (Lipinski definition) is 2. The zero-order valence-electron chi connectivity index (χ0n) is 8.00. The van der Waals surface area contributed by atoms with Gasteiger partial charge in [-0.25, -0.2) is 0 Å². The van der Waals surface area contributed by atoms with Crippen LogP contribution >= 0.6 is 27.3 Å². The van der Waals surface area contributed by atoms with E-state index in [0.29, 0.717) is 4.88 Å². The summed E-state index contributed by atoms with van der Waals surface area (Å²) in [6, 6.07) is 1.83. The van der Waals surface area contributed by atoms with E-state index < -0.39 is 6.10 Å². The lowest BCUT2D eigenvalue weighted by molar-refractivity contribution is 0.0928. The normalized spacial score (nSPS) is 12.6. The topological polar surface area (TPSA) is 49.3 Å². The molecule has 1 atom stereocenters. The number of halogens is 1. The number of aliphatic hydroxyl groups is 1. The summed E-state index contributed by atoms with van der Waals surface area (Å²) in [5, 5.41) is 11.6. The van der Waals surface area contributed by atoms with E-state index in [-0.39, 0.29) is 12.5 Å². The summed E-state index contributed by atoms with van der Waals surface area (Å²) in [6.45, 7) is 3.86. The van der Waals surface area contributed by atoms with Gasteiger partial charge in [-0.1, -0.05) is 0 Å². The van der Waals surface area contributed by atoms with E-state index >= 15 is 0 Å². The fraction of sp³-hybridized carbons (Fsp3) is 0.444. The van der Waals surface area contributed by atoms with Gasteiger partial charge in [-0.2, -0.15) is 0 Å². The fourth-order valence-electron chi connectivity index (χ4n) is 0.899. The molecule has 3 nitrogen and oxygen atoms in total. The molecule has 0 saturated heterocycles. The van der Waals surface area contributed by atoms with E-state index in [1.807, 2.05) is 13.0 Å². The quantitative estimate of drug-likeness (QED) is 0.887. The number of hydrogen-bond acceptors (Lipinski definition) is 3. The standard InChI is InChI=1S/C9H12BrNO2S/c1-5-3-7(14-8(5)10)9(13)11-4-6(2)12/h3,6,12H,4H2,1-2H3,(H,11,13)/t6-/m0/s1. The van der Waals surface area contributed by atoms with E-state index in [9.17, 15) is 4.79 Å². The van der Waals surface area contributed by atoms with Crippen molar-refractivity contribution in [3.63, 3.8) is 0 Å². The number of aliphatic hydroxyl groups excluding tert-OH is 1. The Labute approximate surface area is 95.3 Å². The molecule has 0 radical (unpaired) electrons. The molecular formula is C9H12BrNO2S. The lowest BCUT2D eigenvalue weighted by Crippen LogP contribution is -2.29. The van der Waals surface area contributed by atoms with Crippen molar-refractivity contribution in [2.45, 2.75) is 20.0 Å². The first-order chi connectivity index (χ1) is 6.50. The molecule has 1 rings (SSSR count). The zero-order chi connectivity index (χ0) is 10.7. The zero-order valence-corrected chi connectivity index (χ0v) is 10.4. The minimum Gasteiger partial charge on any atom is -0.392 e. The van der Waals surface area contributed by atoms with Crippen LogP contribution in [-0.4, -0.2) is 23.7 Å². The lowest BCUT2D eigenvalue weighted by atomic mass is 10.3. The molecule has 0 bridgehead atoms. The maximum absolute atomic E-state index is 11.5. The van der Waals surface area contributed by atoms with Crippen LogP contribution in [0.25, 0.3) is 0 Å². The van der Waals surface area contributed by atoms with Gasteiger partial charge < -0.3 is 10.4 Å². The Kier molecular flexibility index (Phi) is 4.10. The first-order valence-electron chi connectivity index (χ1n) is 4.23. The lowest BCUT2D eigenvalue weighted by Gasteiger charge is -2.04. The Morgan fingerprint density at radius 2 is 2.43 bits per heavy atom. The van der Waals surface area contributed by atoms with Gasteiger partial charge in [0.05, 0.1) is 14.8 Å². The fourth-order valence-corrected chi connectivity index (χ4v) is 2.35. The number of carbonyl (C=O) groups excluding carboxylic acids is 1. The van der Waals surface area contributed by atoms with Gasteiger partial charge in [0.2, 0.25) is 0 Å². The van der Waals surface area contributed by atoms with Crippen molar-refractivity contribution in [1.82, 2.24) is 5.32 Å². The molecule has 0 aromatic carbocycles. The highest BCUT2D eigenvalue weighted by Crippen LogP contribution is 2.27. The Bertz CT molecular complexity index is 316. The summed E-state index contributed by atoms with van der Waals surface area (Å²) in [5.41, 5.74) is 1.05. The number of amides is 1. The number of thiophene rings is 1. The Balaban J connectivity index is 2.61. The molecule has 1 amide bonds. The Morgan fingerprint density at radius 3 is 2.86 bits per heavy atom. The molecule has 1 aromatic heterocycles. The summed E-state index contributed by atoms with van der Waals surface area (Å²) in [6.07, 6.45) is -0.511. The molecule has 5 heteroatoms. The van der Waals surface area contributed by atoms with Gasteiger partial charge in [-0.05, 0) is 41.4 Å². The summed E-state index contributed by atoms with van der Waals surface area (Å²) in [7, 11) is 0. The van der Waals surface area contributed by atoms with Crippen LogP contribution in [0, 0.1) is 6.92 Å². The van der Waals surface area contributed by atoms with E-state index in [2.05, 4.69) is 21.2 Å². The highest BCUT2D eigenvalue weighted by atomic mass is 79.9. The van der Waals surface area contributed by atoms with Gasteiger partial charge in [-0.3, -0.25) is 4.79 Å². The van der Waals surface area contributed by atoms with E-state index in [1.54, 1.807) is 6.92 Å². The highest BCUT2D eigenvalue weighted by molar-refractivity contribution is 9.11. The summed E-state index contributed by atoms with van der Waals surface area (Å²) in [4.78, 5) is 12.1. The van der Waals surface area contributed by atoms with Crippen LogP contribution in [0.15, 0.2) is 9.85 Å². The minimum atomic E-state index is -0.511. The maximum atomic E-state index is 11.5. The molecule has 1 heterocycles. The van der Waals surface area contributed by atoms with Crippen LogP contribution in [0.1, 0.15) is 22.2 Å². The third-order valence-corrected chi connectivity index (χ3v) is 3.77. The van der Waals surface area contributed by atoms with E-state index in [1.165, 1.54) is 11.3 Å². The predicted molar refractivity (Wildman–Crippen MR) is 60.8 cm³/mol. The molecule has 2 N–H and O–H groups in total. The number of aryl methyl sites for hydroxylation is 1. The first kappa shape index (κ1) is 11.7. The number of carbonyl (C=O) groups is 1. The molecule has 14 heavy (non-hydrogen) atoms. The molecular weight excluding hydrogens is 266 g/mol. The molecule has 0 aliphatic heterocycles. The van der Waals surface area contributed by atoms with Gasteiger partial charge in [0.1, 0.15) is 0 Å². The van der Waals surface area contributed by atoms with Crippen LogP contribution in [0.2, 0.25) is 0 Å².